The molecule has 3 rings (SSSR count). The summed E-state index contributed by atoms with van der Waals surface area (Å²) in [6, 6.07) is 12.9. The van der Waals surface area contributed by atoms with E-state index < -0.39 is 11.6 Å². The van der Waals surface area contributed by atoms with Crippen molar-refractivity contribution in [1.29, 1.82) is 0 Å². The number of benzene rings is 2. The minimum Gasteiger partial charge on any atom is -0.507 e. The lowest BCUT2D eigenvalue weighted by Gasteiger charge is -2.06. The number of carbonyl (C=O) groups is 1. The van der Waals surface area contributed by atoms with Crippen LogP contribution in [0.4, 0.5) is 0 Å². The molecule has 0 aliphatic carbocycles. The molecule has 0 unspecified atom stereocenters. The molecule has 0 fully saturated rings. The summed E-state index contributed by atoms with van der Waals surface area (Å²) in [5.74, 6) is -0.733. The fourth-order valence-corrected chi connectivity index (χ4v) is 2.31. The number of rotatable bonds is 4. The number of fused-ring (bicyclic) bond motifs is 1. The number of hydrogen-bond donors (Lipinski definition) is 2. The molecular formula is C18H14N2O5. The Kier molecular flexibility index (Phi) is 4.47. The zero-order valence-corrected chi connectivity index (χ0v) is 13.2. The molecule has 7 heteroatoms. The van der Waals surface area contributed by atoms with Crippen LogP contribution in [0, 0.1) is 6.92 Å². The summed E-state index contributed by atoms with van der Waals surface area (Å²) in [4.78, 5) is 28.1. The predicted molar refractivity (Wildman–Crippen MR) is 91.5 cm³/mol. The van der Waals surface area contributed by atoms with E-state index in [0.717, 1.165) is 0 Å². The van der Waals surface area contributed by atoms with Crippen molar-refractivity contribution in [2.75, 3.05) is 0 Å². The highest BCUT2D eigenvalue weighted by atomic mass is 16.7. The van der Waals surface area contributed by atoms with Gasteiger partial charge in [-0.05, 0) is 36.8 Å². The van der Waals surface area contributed by atoms with Crippen molar-refractivity contribution >= 4 is 23.2 Å². The van der Waals surface area contributed by atoms with Crippen LogP contribution in [0.3, 0.4) is 0 Å². The van der Waals surface area contributed by atoms with Gasteiger partial charge in [0.15, 0.2) is 5.58 Å². The van der Waals surface area contributed by atoms with E-state index >= 15 is 0 Å². The van der Waals surface area contributed by atoms with Crippen molar-refractivity contribution in [2.24, 2.45) is 5.10 Å². The molecule has 2 N–H and O–H groups in total. The fraction of sp³-hybridized carbons (Fsp3) is 0.0556. The van der Waals surface area contributed by atoms with E-state index in [1.54, 1.807) is 43.3 Å². The number of aromatic hydroxyl groups is 1. The molecule has 0 atom stereocenters. The van der Waals surface area contributed by atoms with Crippen LogP contribution < -0.4 is 11.2 Å². The van der Waals surface area contributed by atoms with Gasteiger partial charge in [-0.15, -0.1) is 5.59 Å². The minimum absolute atomic E-state index is 0.124. The maximum absolute atomic E-state index is 11.8. The summed E-state index contributed by atoms with van der Waals surface area (Å²) in [7, 11) is 0. The topological polar surface area (TPSA) is 101 Å². The number of hydrogen-bond acceptors (Lipinski definition) is 7. The summed E-state index contributed by atoms with van der Waals surface area (Å²) in [6.45, 7) is 1.76. The molecule has 0 aliphatic heterocycles. The normalized spacial score (nSPS) is 10.9. The van der Waals surface area contributed by atoms with Gasteiger partial charge in [0.25, 0.3) is 0 Å². The molecular weight excluding hydrogens is 324 g/mol. The molecule has 0 saturated carbocycles. The van der Waals surface area contributed by atoms with Gasteiger partial charge in [0.2, 0.25) is 0 Å². The van der Waals surface area contributed by atoms with Crippen LogP contribution in [-0.2, 0) is 4.84 Å². The van der Waals surface area contributed by atoms with Crippen molar-refractivity contribution < 1.29 is 19.2 Å². The SMILES string of the molecule is Cc1cc(=O)oc2c(/C=N/NOC(=O)c3ccccc3)c(O)ccc12. The van der Waals surface area contributed by atoms with Crippen molar-refractivity contribution in [3.63, 3.8) is 0 Å². The first-order valence-electron chi connectivity index (χ1n) is 7.37. The van der Waals surface area contributed by atoms with Crippen molar-refractivity contribution in [3.05, 3.63) is 75.6 Å². The highest BCUT2D eigenvalue weighted by molar-refractivity contribution is 6.00. The van der Waals surface area contributed by atoms with Gasteiger partial charge >= 0.3 is 11.6 Å². The molecule has 1 heterocycles. The number of phenolic OH excluding ortho intramolecular Hbond substituents is 1. The van der Waals surface area contributed by atoms with E-state index in [1.165, 1.54) is 18.3 Å². The van der Waals surface area contributed by atoms with Gasteiger partial charge in [-0.3, -0.25) is 0 Å². The third kappa shape index (κ3) is 3.50. The number of hydrazone groups is 1. The second kappa shape index (κ2) is 6.88. The average molecular weight is 338 g/mol. The second-order valence-electron chi connectivity index (χ2n) is 5.23. The quantitative estimate of drug-likeness (QED) is 0.431. The molecule has 0 spiro atoms. The highest BCUT2D eigenvalue weighted by Crippen LogP contribution is 2.26. The molecule has 2 aromatic carbocycles. The van der Waals surface area contributed by atoms with E-state index in [4.69, 9.17) is 9.25 Å². The largest absolute Gasteiger partial charge is 0.507 e. The lowest BCUT2D eigenvalue weighted by atomic mass is 10.1. The van der Waals surface area contributed by atoms with Crippen LogP contribution in [0.5, 0.6) is 5.75 Å². The third-order valence-corrected chi connectivity index (χ3v) is 3.53. The Labute approximate surface area is 142 Å². The van der Waals surface area contributed by atoms with E-state index in [1.807, 2.05) is 0 Å². The first-order valence-corrected chi connectivity index (χ1v) is 7.37. The molecule has 1 aromatic heterocycles. The van der Waals surface area contributed by atoms with Crippen LogP contribution in [0.1, 0.15) is 21.5 Å². The van der Waals surface area contributed by atoms with Crippen molar-refractivity contribution in [3.8, 4) is 5.75 Å². The Morgan fingerprint density at radius 2 is 2.00 bits per heavy atom. The van der Waals surface area contributed by atoms with Crippen molar-refractivity contribution in [2.45, 2.75) is 6.92 Å². The Balaban J connectivity index is 1.81. The van der Waals surface area contributed by atoms with Gasteiger partial charge in [-0.1, -0.05) is 18.2 Å². The van der Waals surface area contributed by atoms with Gasteiger partial charge in [0, 0.05) is 11.5 Å². The molecule has 7 nitrogen and oxygen atoms in total. The monoisotopic (exact) mass is 338 g/mol. The number of nitrogens with one attached hydrogen (secondary N) is 1. The summed E-state index contributed by atoms with van der Waals surface area (Å²) < 4.78 is 5.16. The molecule has 0 radical (unpaired) electrons. The molecule has 0 aliphatic rings. The zero-order chi connectivity index (χ0) is 17.8. The van der Waals surface area contributed by atoms with Crippen LogP contribution in [0.2, 0.25) is 0 Å². The van der Waals surface area contributed by atoms with Crippen molar-refractivity contribution in [1.82, 2.24) is 5.59 Å². The number of aryl methyl sites for hydroxylation is 1. The first-order chi connectivity index (χ1) is 12.1. The van der Waals surface area contributed by atoms with E-state index in [-0.39, 0.29) is 16.9 Å². The van der Waals surface area contributed by atoms with Gasteiger partial charge in [-0.25, -0.2) is 9.59 Å². The molecule has 0 saturated heterocycles. The third-order valence-electron chi connectivity index (χ3n) is 3.53. The summed E-state index contributed by atoms with van der Waals surface area (Å²) in [6.07, 6.45) is 1.21. The number of nitrogens with zero attached hydrogens (tertiary/aromatic N) is 1. The summed E-state index contributed by atoms with van der Waals surface area (Å²) in [5, 5.41) is 14.4. The molecule has 0 amide bonds. The number of carbonyl (C=O) groups excluding carboxylic acids is 1. The highest BCUT2D eigenvalue weighted by Gasteiger charge is 2.11. The zero-order valence-electron chi connectivity index (χ0n) is 13.2. The Morgan fingerprint density at radius 1 is 1.24 bits per heavy atom. The molecule has 3 aromatic rings. The van der Waals surface area contributed by atoms with Gasteiger partial charge < -0.3 is 14.4 Å². The van der Waals surface area contributed by atoms with Crippen LogP contribution in [-0.4, -0.2) is 17.3 Å². The molecule has 25 heavy (non-hydrogen) atoms. The standard InChI is InChI=1S/C18H14N2O5/c1-11-9-16(22)24-17-13(11)7-8-15(21)14(17)10-19-20-25-18(23)12-5-3-2-4-6-12/h2-10,20-21H,1H3/b19-10+. The molecule has 0 bridgehead atoms. The Bertz CT molecular complexity index is 1010. The van der Waals surface area contributed by atoms with Gasteiger partial charge in [0.1, 0.15) is 5.75 Å². The van der Waals surface area contributed by atoms with Crippen LogP contribution >= 0.6 is 0 Å². The van der Waals surface area contributed by atoms with Crippen LogP contribution in [0.25, 0.3) is 11.0 Å². The minimum atomic E-state index is -0.609. The second-order valence-corrected chi connectivity index (χ2v) is 5.23. The van der Waals surface area contributed by atoms with E-state index in [2.05, 4.69) is 10.7 Å². The maximum atomic E-state index is 11.8. The summed E-state index contributed by atoms with van der Waals surface area (Å²) >= 11 is 0. The number of phenols is 1. The summed E-state index contributed by atoms with van der Waals surface area (Å²) in [5.41, 5.74) is 3.08. The van der Waals surface area contributed by atoms with E-state index in [0.29, 0.717) is 16.5 Å². The van der Waals surface area contributed by atoms with Gasteiger partial charge in [0.05, 0.1) is 17.3 Å². The smallest absolute Gasteiger partial charge is 0.364 e. The Hall–Kier alpha value is -3.61. The fourth-order valence-electron chi connectivity index (χ4n) is 2.31. The lowest BCUT2D eigenvalue weighted by Crippen LogP contribution is -2.15. The Morgan fingerprint density at radius 3 is 2.76 bits per heavy atom. The molecule has 126 valence electrons. The van der Waals surface area contributed by atoms with Crippen LogP contribution in [0.15, 0.2) is 62.8 Å². The van der Waals surface area contributed by atoms with Gasteiger partial charge in [-0.2, -0.15) is 5.10 Å². The predicted octanol–water partition coefficient (Wildman–Crippen LogP) is 2.50. The maximum Gasteiger partial charge on any atom is 0.364 e. The lowest BCUT2D eigenvalue weighted by molar-refractivity contribution is 0.0262. The van der Waals surface area contributed by atoms with E-state index in [9.17, 15) is 14.7 Å². The average Bonchev–Trinajstić information content (AvgIpc) is 2.60. The first kappa shape index (κ1) is 16.3.